The average molecular weight is 437 g/mol. The highest BCUT2D eigenvalue weighted by Gasteiger charge is 2.25. The van der Waals surface area contributed by atoms with E-state index in [0.717, 1.165) is 19.3 Å². The molecule has 0 saturated carbocycles. The molecule has 0 saturated heterocycles. The minimum absolute atomic E-state index is 0.0711. The Hall–Kier alpha value is -3.15. The van der Waals surface area contributed by atoms with E-state index < -0.39 is 0 Å². The fourth-order valence-electron chi connectivity index (χ4n) is 4.46. The lowest BCUT2D eigenvalue weighted by Gasteiger charge is -2.24. The van der Waals surface area contributed by atoms with Crippen molar-refractivity contribution < 1.29 is 19.0 Å². The molecule has 2 aromatic carbocycles. The number of nitrogens with one attached hydrogen (secondary N) is 2. The molecular formula is C26H32N2O4. The van der Waals surface area contributed by atoms with Crippen LogP contribution in [-0.4, -0.2) is 36.8 Å². The lowest BCUT2D eigenvalue weighted by atomic mass is 9.91. The number of amides is 1. The van der Waals surface area contributed by atoms with Gasteiger partial charge in [0.1, 0.15) is 0 Å². The van der Waals surface area contributed by atoms with Crippen molar-refractivity contribution in [2.75, 3.05) is 19.8 Å². The van der Waals surface area contributed by atoms with Crippen LogP contribution < -0.4 is 19.5 Å². The first-order valence-electron chi connectivity index (χ1n) is 11.5. The highest BCUT2D eigenvalue weighted by Crippen LogP contribution is 2.39. The molecular weight excluding hydrogens is 404 g/mol. The molecule has 2 N–H and O–H groups in total. The summed E-state index contributed by atoms with van der Waals surface area (Å²) in [6.45, 7) is 9.28. The lowest BCUT2D eigenvalue weighted by molar-refractivity contribution is 0.0932. The van der Waals surface area contributed by atoms with Crippen molar-refractivity contribution in [3.63, 3.8) is 0 Å². The number of carbonyl (C=O) groups excluding carboxylic acids is 1. The van der Waals surface area contributed by atoms with Gasteiger partial charge in [0.25, 0.3) is 5.91 Å². The van der Waals surface area contributed by atoms with Gasteiger partial charge in [0, 0.05) is 34.6 Å². The predicted molar refractivity (Wildman–Crippen MR) is 126 cm³/mol. The molecule has 1 aliphatic rings. The van der Waals surface area contributed by atoms with Crippen molar-refractivity contribution in [2.45, 2.75) is 53.0 Å². The summed E-state index contributed by atoms with van der Waals surface area (Å²) in [5.41, 5.74) is 5.55. The standard InChI is InChI=1S/C26H32N2O4/c1-5-30-23-13-17(14-24(31-6-2)25(23)32-7-3)26(29)27-18-9-10-19-20-12-16(4)8-11-21(20)28-22(19)15-18/h8,11-14,18,28H,5-7,9-10,15H2,1-4H3,(H,27,29). The fourth-order valence-corrected chi connectivity index (χ4v) is 4.46. The largest absolute Gasteiger partial charge is 0.490 e. The summed E-state index contributed by atoms with van der Waals surface area (Å²) in [5.74, 6) is 1.48. The monoisotopic (exact) mass is 436 g/mol. The summed E-state index contributed by atoms with van der Waals surface area (Å²) in [6.07, 6.45) is 2.65. The smallest absolute Gasteiger partial charge is 0.251 e. The Morgan fingerprint density at radius 2 is 1.72 bits per heavy atom. The number of H-pyrrole nitrogens is 1. The van der Waals surface area contributed by atoms with Gasteiger partial charge < -0.3 is 24.5 Å². The number of aryl methyl sites for hydroxylation is 2. The van der Waals surface area contributed by atoms with Crippen molar-refractivity contribution in [3.05, 3.63) is 52.7 Å². The lowest BCUT2D eigenvalue weighted by Crippen LogP contribution is -2.38. The van der Waals surface area contributed by atoms with Crippen LogP contribution in [0.2, 0.25) is 0 Å². The van der Waals surface area contributed by atoms with Gasteiger partial charge in [0.15, 0.2) is 11.5 Å². The van der Waals surface area contributed by atoms with Crippen molar-refractivity contribution in [1.82, 2.24) is 10.3 Å². The van der Waals surface area contributed by atoms with Crippen LogP contribution in [0.4, 0.5) is 0 Å². The zero-order valence-corrected chi connectivity index (χ0v) is 19.3. The highest BCUT2D eigenvalue weighted by atomic mass is 16.5. The number of hydrogen-bond acceptors (Lipinski definition) is 4. The molecule has 170 valence electrons. The van der Waals surface area contributed by atoms with E-state index in [9.17, 15) is 4.79 Å². The van der Waals surface area contributed by atoms with Crippen molar-refractivity contribution in [2.24, 2.45) is 0 Å². The number of rotatable bonds is 8. The Kier molecular flexibility index (Phi) is 6.58. The molecule has 1 aromatic heterocycles. The van der Waals surface area contributed by atoms with E-state index in [2.05, 4.69) is 35.4 Å². The van der Waals surface area contributed by atoms with E-state index in [1.165, 1.54) is 27.7 Å². The van der Waals surface area contributed by atoms with Crippen LogP contribution >= 0.6 is 0 Å². The zero-order chi connectivity index (χ0) is 22.7. The molecule has 1 aliphatic carbocycles. The van der Waals surface area contributed by atoms with Gasteiger partial charge in [0.2, 0.25) is 5.75 Å². The van der Waals surface area contributed by atoms with Gasteiger partial charge in [0.05, 0.1) is 19.8 Å². The van der Waals surface area contributed by atoms with Gasteiger partial charge in [-0.2, -0.15) is 0 Å². The Morgan fingerprint density at radius 3 is 2.38 bits per heavy atom. The second-order valence-corrected chi connectivity index (χ2v) is 8.15. The predicted octanol–water partition coefficient (Wildman–Crippen LogP) is 4.96. The Bertz CT molecular complexity index is 1090. The third-order valence-corrected chi connectivity index (χ3v) is 5.85. The van der Waals surface area contributed by atoms with Gasteiger partial charge in [-0.05, 0) is 70.4 Å². The van der Waals surface area contributed by atoms with E-state index in [-0.39, 0.29) is 11.9 Å². The molecule has 4 rings (SSSR count). The van der Waals surface area contributed by atoms with Gasteiger partial charge in [-0.15, -0.1) is 0 Å². The molecule has 1 amide bonds. The summed E-state index contributed by atoms with van der Waals surface area (Å²) in [4.78, 5) is 16.7. The molecule has 0 aliphatic heterocycles. The van der Waals surface area contributed by atoms with E-state index in [1.807, 2.05) is 20.8 Å². The average Bonchev–Trinajstić information content (AvgIpc) is 3.13. The molecule has 0 fully saturated rings. The second-order valence-electron chi connectivity index (χ2n) is 8.15. The number of aromatic nitrogens is 1. The summed E-state index contributed by atoms with van der Waals surface area (Å²) >= 11 is 0. The van der Waals surface area contributed by atoms with Gasteiger partial charge in [-0.25, -0.2) is 0 Å². The first kappa shape index (κ1) is 22.1. The quantitative estimate of drug-likeness (QED) is 0.524. The van der Waals surface area contributed by atoms with E-state index in [1.54, 1.807) is 12.1 Å². The van der Waals surface area contributed by atoms with Crippen molar-refractivity contribution >= 4 is 16.8 Å². The van der Waals surface area contributed by atoms with Crippen molar-refractivity contribution in [3.8, 4) is 17.2 Å². The van der Waals surface area contributed by atoms with Crippen molar-refractivity contribution in [1.29, 1.82) is 0 Å². The number of hydrogen-bond donors (Lipinski definition) is 2. The number of aromatic amines is 1. The number of benzene rings is 2. The summed E-state index contributed by atoms with van der Waals surface area (Å²) in [7, 11) is 0. The Morgan fingerprint density at radius 1 is 1.03 bits per heavy atom. The minimum Gasteiger partial charge on any atom is -0.490 e. The van der Waals surface area contributed by atoms with Crippen LogP contribution in [0, 0.1) is 6.92 Å². The normalized spacial score (nSPS) is 15.3. The molecule has 6 nitrogen and oxygen atoms in total. The molecule has 0 spiro atoms. The Balaban J connectivity index is 1.55. The third kappa shape index (κ3) is 4.40. The molecule has 0 bridgehead atoms. The zero-order valence-electron chi connectivity index (χ0n) is 19.3. The SMILES string of the molecule is CCOc1cc(C(=O)NC2CCc3c([nH]c4ccc(C)cc34)C2)cc(OCC)c1OCC. The van der Waals surface area contributed by atoms with Crippen LogP contribution in [0.5, 0.6) is 17.2 Å². The summed E-state index contributed by atoms with van der Waals surface area (Å²) < 4.78 is 17.3. The number of ether oxygens (including phenoxy) is 3. The Labute approximate surface area is 189 Å². The molecule has 32 heavy (non-hydrogen) atoms. The highest BCUT2D eigenvalue weighted by molar-refractivity contribution is 5.96. The van der Waals surface area contributed by atoms with Gasteiger partial charge in [-0.1, -0.05) is 11.6 Å². The van der Waals surface area contributed by atoms with Gasteiger partial charge in [-0.3, -0.25) is 4.79 Å². The number of fused-ring (bicyclic) bond motifs is 3. The maximum atomic E-state index is 13.2. The molecule has 3 aromatic rings. The van der Waals surface area contributed by atoms with E-state index in [0.29, 0.717) is 42.6 Å². The van der Waals surface area contributed by atoms with E-state index >= 15 is 0 Å². The molecule has 1 unspecified atom stereocenters. The molecule has 6 heteroatoms. The third-order valence-electron chi connectivity index (χ3n) is 5.85. The first-order chi connectivity index (χ1) is 15.5. The maximum absolute atomic E-state index is 13.2. The van der Waals surface area contributed by atoms with E-state index in [4.69, 9.17) is 14.2 Å². The minimum atomic E-state index is -0.129. The first-order valence-corrected chi connectivity index (χ1v) is 11.5. The topological polar surface area (TPSA) is 72.6 Å². The molecule has 1 heterocycles. The van der Waals surface area contributed by atoms with Crippen LogP contribution in [0.3, 0.4) is 0 Å². The van der Waals surface area contributed by atoms with Crippen LogP contribution in [-0.2, 0) is 12.8 Å². The summed E-state index contributed by atoms with van der Waals surface area (Å²) in [5, 5.41) is 4.52. The van der Waals surface area contributed by atoms with Crippen LogP contribution in [0.1, 0.15) is 54.4 Å². The van der Waals surface area contributed by atoms with Crippen LogP contribution in [0.25, 0.3) is 10.9 Å². The summed E-state index contributed by atoms with van der Waals surface area (Å²) in [6, 6.07) is 10.1. The van der Waals surface area contributed by atoms with Crippen LogP contribution in [0.15, 0.2) is 30.3 Å². The second kappa shape index (κ2) is 9.55. The fraction of sp³-hybridized carbons (Fsp3) is 0.423. The maximum Gasteiger partial charge on any atom is 0.251 e. The van der Waals surface area contributed by atoms with Gasteiger partial charge >= 0.3 is 0 Å². The number of carbonyl (C=O) groups is 1. The molecule has 1 atom stereocenters. The molecule has 0 radical (unpaired) electrons.